The third-order valence-electron chi connectivity index (χ3n) is 3.15. The maximum absolute atomic E-state index is 13.5. The molecule has 1 rings (SSSR count). The number of carbonyl (C=O) groups excluding carboxylic acids is 1. The summed E-state index contributed by atoms with van der Waals surface area (Å²) in [7, 11) is 1.38. The largest absolute Gasteiger partial charge is 0.494 e. The topological polar surface area (TPSA) is 58.6 Å². The summed E-state index contributed by atoms with van der Waals surface area (Å²) in [6.07, 6.45) is 1.50. The molecule has 2 N–H and O–H groups in total. The molecule has 0 aliphatic rings. The molecule has 0 bridgehead atoms. The number of rotatable bonds is 7. The Morgan fingerprint density at radius 2 is 2.15 bits per heavy atom. The van der Waals surface area contributed by atoms with Crippen molar-refractivity contribution in [2.75, 3.05) is 20.3 Å². The zero-order valence-electron chi connectivity index (χ0n) is 12.2. The standard InChI is InChI=1S/C15H22FNO3/c1-15(2,7-4-8-18)10-17-14(19)11-5-6-13(20-3)12(16)9-11/h5-6,9,18H,4,7-8,10H2,1-3H3,(H,17,19). The van der Waals surface area contributed by atoms with E-state index in [9.17, 15) is 9.18 Å². The quantitative estimate of drug-likeness (QED) is 0.807. The average molecular weight is 283 g/mol. The smallest absolute Gasteiger partial charge is 0.251 e. The number of methoxy groups -OCH3 is 1. The van der Waals surface area contributed by atoms with Crippen LogP contribution in [0.15, 0.2) is 18.2 Å². The van der Waals surface area contributed by atoms with Gasteiger partial charge in [-0.15, -0.1) is 0 Å². The molecule has 0 unspecified atom stereocenters. The molecule has 0 atom stereocenters. The van der Waals surface area contributed by atoms with Gasteiger partial charge >= 0.3 is 0 Å². The van der Waals surface area contributed by atoms with Crippen molar-refractivity contribution >= 4 is 5.91 Å². The Balaban J connectivity index is 2.61. The van der Waals surface area contributed by atoms with Crippen LogP contribution in [-0.2, 0) is 0 Å². The molecule has 0 saturated carbocycles. The van der Waals surface area contributed by atoms with Crippen molar-refractivity contribution in [2.24, 2.45) is 5.41 Å². The van der Waals surface area contributed by atoms with Crippen LogP contribution in [0, 0.1) is 11.2 Å². The van der Waals surface area contributed by atoms with E-state index in [1.165, 1.54) is 19.2 Å². The Morgan fingerprint density at radius 3 is 2.70 bits per heavy atom. The van der Waals surface area contributed by atoms with E-state index in [4.69, 9.17) is 9.84 Å². The number of nitrogens with one attached hydrogen (secondary N) is 1. The van der Waals surface area contributed by atoms with Crippen LogP contribution in [0.1, 0.15) is 37.0 Å². The van der Waals surface area contributed by atoms with Crippen LogP contribution >= 0.6 is 0 Å². The van der Waals surface area contributed by atoms with Gasteiger partial charge in [-0.25, -0.2) is 4.39 Å². The van der Waals surface area contributed by atoms with Crippen LogP contribution in [0.3, 0.4) is 0 Å². The molecule has 0 saturated heterocycles. The van der Waals surface area contributed by atoms with Gasteiger partial charge < -0.3 is 15.2 Å². The Morgan fingerprint density at radius 1 is 1.45 bits per heavy atom. The second-order valence-electron chi connectivity index (χ2n) is 5.52. The summed E-state index contributed by atoms with van der Waals surface area (Å²) in [6, 6.07) is 4.12. The number of halogens is 1. The Hall–Kier alpha value is -1.62. The number of benzene rings is 1. The molecule has 0 fully saturated rings. The lowest BCUT2D eigenvalue weighted by Crippen LogP contribution is -2.34. The van der Waals surface area contributed by atoms with Crippen molar-refractivity contribution in [1.29, 1.82) is 0 Å². The van der Waals surface area contributed by atoms with Crippen molar-refractivity contribution < 1.29 is 19.0 Å². The van der Waals surface area contributed by atoms with Crippen LogP contribution < -0.4 is 10.1 Å². The molecule has 20 heavy (non-hydrogen) atoms. The van der Waals surface area contributed by atoms with Gasteiger partial charge in [-0.1, -0.05) is 13.8 Å². The minimum Gasteiger partial charge on any atom is -0.494 e. The van der Waals surface area contributed by atoms with Crippen molar-refractivity contribution in [2.45, 2.75) is 26.7 Å². The fourth-order valence-electron chi connectivity index (χ4n) is 1.88. The molecule has 0 spiro atoms. The van der Waals surface area contributed by atoms with Crippen LogP contribution in [0.25, 0.3) is 0 Å². The van der Waals surface area contributed by atoms with E-state index in [2.05, 4.69) is 5.32 Å². The van der Waals surface area contributed by atoms with Gasteiger partial charge in [0.15, 0.2) is 11.6 Å². The first-order valence-electron chi connectivity index (χ1n) is 6.62. The fourth-order valence-corrected chi connectivity index (χ4v) is 1.88. The Kier molecular flexibility index (Phi) is 5.95. The third kappa shape index (κ3) is 4.81. The maximum Gasteiger partial charge on any atom is 0.251 e. The molecule has 0 aromatic heterocycles. The van der Waals surface area contributed by atoms with Crippen molar-refractivity contribution in [3.05, 3.63) is 29.6 Å². The van der Waals surface area contributed by atoms with E-state index in [1.807, 2.05) is 13.8 Å². The zero-order valence-corrected chi connectivity index (χ0v) is 12.2. The summed E-state index contributed by atoms with van der Waals surface area (Å²) in [5, 5.41) is 11.6. The van der Waals surface area contributed by atoms with E-state index in [-0.39, 0.29) is 29.2 Å². The molecule has 1 aromatic rings. The van der Waals surface area contributed by atoms with E-state index < -0.39 is 5.82 Å². The van der Waals surface area contributed by atoms with Crippen LogP contribution in [0.4, 0.5) is 4.39 Å². The monoisotopic (exact) mass is 283 g/mol. The summed E-state index contributed by atoms with van der Waals surface area (Å²) in [6.45, 7) is 4.63. The second kappa shape index (κ2) is 7.24. The van der Waals surface area contributed by atoms with E-state index in [1.54, 1.807) is 0 Å². The molecule has 5 heteroatoms. The number of hydrogen-bond acceptors (Lipinski definition) is 3. The summed E-state index contributed by atoms with van der Waals surface area (Å²) in [4.78, 5) is 11.9. The molecule has 112 valence electrons. The highest BCUT2D eigenvalue weighted by atomic mass is 19.1. The van der Waals surface area contributed by atoms with Crippen LogP contribution in [-0.4, -0.2) is 31.3 Å². The molecule has 0 aliphatic heterocycles. The van der Waals surface area contributed by atoms with Gasteiger partial charge in [-0.3, -0.25) is 4.79 Å². The van der Waals surface area contributed by atoms with Crippen LogP contribution in [0.5, 0.6) is 5.75 Å². The molecule has 4 nitrogen and oxygen atoms in total. The molecule has 0 aliphatic carbocycles. The van der Waals surface area contributed by atoms with Crippen LogP contribution in [0.2, 0.25) is 0 Å². The summed E-state index contributed by atoms with van der Waals surface area (Å²) >= 11 is 0. The van der Waals surface area contributed by atoms with E-state index >= 15 is 0 Å². The highest BCUT2D eigenvalue weighted by molar-refractivity contribution is 5.94. The number of aliphatic hydroxyl groups is 1. The predicted molar refractivity (Wildman–Crippen MR) is 75.4 cm³/mol. The fraction of sp³-hybridized carbons (Fsp3) is 0.533. The number of aliphatic hydroxyl groups excluding tert-OH is 1. The Labute approximate surface area is 119 Å². The second-order valence-corrected chi connectivity index (χ2v) is 5.52. The summed E-state index contributed by atoms with van der Waals surface area (Å²) in [5.41, 5.74) is 0.157. The predicted octanol–water partition coefficient (Wildman–Crippen LogP) is 2.36. The zero-order chi connectivity index (χ0) is 15.2. The lowest BCUT2D eigenvalue weighted by molar-refractivity contribution is 0.0932. The minimum absolute atomic E-state index is 0.108. The van der Waals surface area contributed by atoms with Crippen molar-refractivity contribution in [1.82, 2.24) is 5.32 Å². The molecule has 1 amide bonds. The van der Waals surface area contributed by atoms with E-state index in [0.29, 0.717) is 13.0 Å². The lowest BCUT2D eigenvalue weighted by Gasteiger charge is -2.24. The Bertz CT molecular complexity index is 460. The van der Waals surface area contributed by atoms with Gasteiger partial charge in [0.05, 0.1) is 7.11 Å². The molecular weight excluding hydrogens is 261 g/mol. The first kappa shape index (κ1) is 16.4. The number of ether oxygens (including phenoxy) is 1. The number of amides is 1. The molecular formula is C15H22FNO3. The van der Waals surface area contributed by atoms with E-state index in [0.717, 1.165) is 12.5 Å². The summed E-state index contributed by atoms with van der Waals surface area (Å²) in [5.74, 6) is -0.756. The van der Waals surface area contributed by atoms with Gasteiger partial charge in [0.25, 0.3) is 5.91 Å². The first-order valence-corrected chi connectivity index (χ1v) is 6.62. The highest BCUT2D eigenvalue weighted by Gasteiger charge is 2.19. The lowest BCUT2D eigenvalue weighted by atomic mass is 9.88. The SMILES string of the molecule is COc1ccc(C(=O)NCC(C)(C)CCCO)cc1F. The maximum atomic E-state index is 13.5. The minimum atomic E-state index is -0.556. The molecule has 0 radical (unpaired) electrons. The summed E-state index contributed by atoms with van der Waals surface area (Å²) < 4.78 is 18.3. The van der Waals surface area contributed by atoms with Crippen molar-refractivity contribution in [3.8, 4) is 5.75 Å². The number of carbonyl (C=O) groups is 1. The normalized spacial score (nSPS) is 11.2. The van der Waals surface area contributed by atoms with Crippen molar-refractivity contribution in [3.63, 3.8) is 0 Å². The average Bonchev–Trinajstić information content (AvgIpc) is 2.42. The van der Waals surface area contributed by atoms with Gasteiger partial charge in [-0.2, -0.15) is 0 Å². The highest BCUT2D eigenvalue weighted by Crippen LogP contribution is 2.21. The third-order valence-corrected chi connectivity index (χ3v) is 3.15. The van der Waals surface area contributed by atoms with Gasteiger partial charge in [-0.05, 0) is 36.5 Å². The first-order chi connectivity index (χ1) is 9.39. The molecule has 0 heterocycles. The van der Waals surface area contributed by atoms with Gasteiger partial charge in [0, 0.05) is 18.7 Å². The van der Waals surface area contributed by atoms with Gasteiger partial charge in [0.2, 0.25) is 0 Å². The van der Waals surface area contributed by atoms with Gasteiger partial charge in [0.1, 0.15) is 0 Å². The molecule has 1 aromatic carbocycles. The number of hydrogen-bond donors (Lipinski definition) is 2.